The summed E-state index contributed by atoms with van der Waals surface area (Å²) in [6.07, 6.45) is 5.49. The second-order valence-electron chi connectivity index (χ2n) is 6.42. The molecule has 4 heterocycles. The Balaban J connectivity index is 1.72. The maximum absolute atomic E-state index is 13.4. The van der Waals surface area contributed by atoms with E-state index in [0.717, 1.165) is 18.9 Å². The average molecular weight is 374 g/mol. The van der Waals surface area contributed by atoms with Gasteiger partial charge in [-0.1, -0.05) is 0 Å². The van der Waals surface area contributed by atoms with Crippen LogP contribution >= 0.6 is 0 Å². The zero-order chi connectivity index (χ0) is 18.9. The van der Waals surface area contributed by atoms with Crippen molar-refractivity contribution in [3.05, 3.63) is 55.0 Å². The molecule has 0 aromatic carbocycles. The molecule has 140 valence electrons. The maximum Gasteiger partial charge on any atom is 0.433 e. The molecule has 27 heavy (non-hydrogen) atoms. The van der Waals surface area contributed by atoms with Gasteiger partial charge < -0.3 is 9.47 Å². The molecule has 0 radical (unpaired) electrons. The van der Waals surface area contributed by atoms with Gasteiger partial charge in [0.1, 0.15) is 5.82 Å². The molecule has 6 nitrogen and oxygen atoms in total. The molecule has 1 saturated heterocycles. The molecule has 1 unspecified atom stereocenters. The number of hydrogen-bond acceptors (Lipinski definition) is 5. The first-order valence-corrected chi connectivity index (χ1v) is 8.60. The predicted molar refractivity (Wildman–Crippen MR) is 92.9 cm³/mol. The standard InChI is InChI=1S/C18H17F3N6/c19-18(20,21)15-9-16(25-17(24-15)13-3-1-5-22-10-13)27-7-2-4-14(27)11-26-8-6-23-12-26/h1,3,5-6,8-10,12,14H,2,4,7,11H2. The highest BCUT2D eigenvalue weighted by Gasteiger charge is 2.35. The quantitative estimate of drug-likeness (QED) is 0.700. The van der Waals surface area contributed by atoms with Crippen molar-refractivity contribution in [2.24, 2.45) is 0 Å². The van der Waals surface area contributed by atoms with E-state index in [1.165, 1.54) is 6.20 Å². The molecule has 1 fully saturated rings. The Morgan fingerprint density at radius 1 is 1.15 bits per heavy atom. The molecule has 0 saturated carbocycles. The van der Waals surface area contributed by atoms with E-state index in [4.69, 9.17) is 0 Å². The molecule has 0 bridgehead atoms. The second kappa shape index (κ2) is 6.98. The fourth-order valence-electron chi connectivity index (χ4n) is 3.32. The lowest BCUT2D eigenvalue weighted by Gasteiger charge is -2.27. The Morgan fingerprint density at radius 2 is 2.04 bits per heavy atom. The number of aromatic nitrogens is 5. The Bertz CT molecular complexity index is 895. The molecule has 4 rings (SSSR count). The lowest BCUT2D eigenvalue weighted by Crippen LogP contribution is -2.33. The molecule has 0 amide bonds. The number of imidazole rings is 1. The molecule has 1 aliphatic heterocycles. The summed E-state index contributed by atoms with van der Waals surface area (Å²) in [7, 11) is 0. The van der Waals surface area contributed by atoms with E-state index in [9.17, 15) is 13.2 Å². The Hall–Kier alpha value is -2.97. The van der Waals surface area contributed by atoms with Crippen LogP contribution in [0.3, 0.4) is 0 Å². The van der Waals surface area contributed by atoms with Crippen LogP contribution in [0.4, 0.5) is 19.0 Å². The first-order chi connectivity index (χ1) is 13.0. The number of rotatable bonds is 4. The SMILES string of the molecule is FC(F)(F)c1cc(N2CCCC2Cn2ccnc2)nc(-c2cccnc2)n1. The second-order valence-corrected chi connectivity index (χ2v) is 6.42. The minimum Gasteiger partial charge on any atom is -0.352 e. The first kappa shape index (κ1) is 17.4. The topological polar surface area (TPSA) is 59.7 Å². The van der Waals surface area contributed by atoms with Crippen LogP contribution in [0, 0.1) is 0 Å². The van der Waals surface area contributed by atoms with Crippen molar-refractivity contribution in [1.29, 1.82) is 0 Å². The van der Waals surface area contributed by atoms with Crippen molar-refractivity contribution >= 4 is 5.82 Å². The summed E-state index contributed by atoms with van der Waals surface area (Å²) in [6, 6.07) is 4.39. The van der Waals surface area contributed by atoms with Gasteiger partial charge in [-0.3, -0.25) is 4.98 Å². The summed E-state index contributed by atoms with van der Waals surface area (Å²) in [4.78, 5) is 18.1. The lowest BCUT2D eigenvalue weighted by atomic mass is 10.2. The van der Waals surface area contributed by atoms with Crippen molar-refractivity contribution in [3.63, 3.8) is 0 Å². The number of nitrogens with zero attached hydrogens (tertiary/aromatic N) is 6. The molecule has 1 atom stereocenters. The summed E-state index contributed by atoms with van der Waals surface area (Å²) >= 11 is 0. The normalized spacial score (nSPS) is 17.4. The minimum atomic E-state index is -4.55. The first-order valence-electron chi connectivity index (χ1n) is 8.60. The van der Waals surface area contributed by atoms with E-state index in [1.54, 1.807) is 30.9 Å². The minimum absolute atomic E-state index is 0.0289. The predicted octanol–water partition coefficient (Wildman–Crippen LogP) is 3.42. The fraction of sp³-hybridized carbons (Fsp3) is 0.333. The lowest BCUT2D eigenvalue weighted by molar-refractivity contribution is -0.141. The summed E-state index contributed by atoms with van der Waals surface area (Å²) < 4.78 is 42.2. The molecular formula is C18H17F3N6. The van der Waals surface area contributed by atoms with Gasteiger partial charge in [0.25, 0.3) is 0 Å². The molecule has 0 aliphatic carbocycles. The monoisotopic (exact) mass is 374 g/mol. The molecule has 9 heteroatoms. The molecule has 3 aromatic heterocycles. The highest BCUT2D eigenvalue weighted by atomic mass is 19.4. The zero-order valence-corrected chi connectivity index (χ0v) is 14.3. The third-order valence-corrected chi connectivity index (χ3v) is 4.57. The summed E-state index contributed by atoms with van der Waals surface area (Å²) in [6.45, 7) is 1.30. The van der Waals surface area contributed by atoms with Gasteiger partial charge in [0.2, 0.25) is 0 Å². The molecule has 1 aliphatic rings. The third-order valence-electron chi connectivity index (χ3n) is 4.57. The molecule has 3 aromatic rings. The van der Waals surface area contributed by atoms with Gasteiger partial charge in [0.15, 0.2) is 11.5 Å². The average Bonchev–Trinajstić information content (AvgIpc) is 3.34. The van der Waals surface area contributed by atoms with Gasteiger partial charge in [-0.15, -0.1) is 0 Å². The van der Waals surface area contributed by atoms with Crippen LogP contribution in [0.5, 0.6) is 0 Å². The highest BCUT2D eigenvalue weighted by Crippen LogP contribution is 2.33. The van der Waals surface area contributed by atoms with Crippen LogP contribution in [0.1, 0.15) is 18.5 Å². The van der Waals surface area contributed by atoms with E-state index < -0.39 is 11.9 Å². The summed E-state index contributed by atoms with van der Waals surface area (Å²) in [5.41, 5.74) is -0.491. The van der Waals surface area contributed by atoms with Crippen molar-refractivity contribution < 1.29 is 13.2 Å². The van der Waals surface area contributed by atoms with Gasteiger partial charge in [-0.05, 0) is 25.0 Å². The largest absolute Gasteiger partial charge is 0.433 e. The van der Waals surface area contributed by atoms with Crippen molar-refractivity contribution in [1.82, 2.24) is 24.5 Å². The van der Waals surface area contributed by atoms with Crippen molar-refractivity contribution in [2.75, 3.05) is 11.4 Å². The van der Waals surface area contributed by atoms with Crippen molar-refractivity contribution in [2.45, 2.75) is 31.6 Å². The molecular weight excluding hydrogens is 357 g/mol. The van der Waals surface area contributed by atoms with Crippen LogP contribution in [-0.2, 0) is 12.7 Å². The van der Waals surface area contributed by atoms with E-state index in [1.807, 2.05) is 15.7 Å². The van der Waals surface area contributed by atoms with E-state index in [2.05, 4.69) is 19.9 Å². The molecule has 0 N–H and O–H groups in total. The number of halogens is 3. The van der Waals surface area contributed by atoms with Gasteiger partial charge in [-0.25, -0.2) is 15.0 Å². The number of pyridine rings is 1. The zero-order valence-electron chi connectivity index (χ0n) is 14.3. The van der Waals surface area contributed by atoms with Crippen LogP contribution in [0.15, 0.2) is 49.3 Å². The Morgan fingerprint density at radius 3 is 2.74 bits per heavy atom. The van der Waals surface area contributed by atoms with Gasteiger partial charge in [-0.2, -0.15) is 13.2 Å². The van der Waals surface area contributed by atoms with E-state index in [-0.39, 0.29) is 11.9 Å². The number of hydrogen-bond donors (Lipinski definition) is 0. The maximum atomic E-state index is 13.4. The fourth-order valence-corrected chi connectivity index (χ4v) is 3.32. The van der Waals surface area contributed by atoms with Crippen molar-refractivity contribution in [3.8, 4) is 11.4 Å². The van der Waals surface area contributed by atoms with Gasteiger partial charge in [0.05, 0.1) is 6.33 Å². The van der Waals surface area contributed by atoms with Gasteiger partial charge >= 0.3 is 6.18 Å². The number of alkyl halides is 3. The van der Waals surface area contributed by atoms with Crippen LogP contribution in [0.2, 0.25) is 0 Å². The van der Waals surface area contributed by atoms with E-state index in [0.29, 0.717) is 24.5 Å². The summed E-state index contributed by atoms with van der Waals surface area (Å²) in [5.74, 6) is 0.319. The van der Waals surface area contributed by atoms with Crippen LogP contribution in [-0.4, -0.2) is 37.1 Å². The third kappa shape index (κ3) is 3.76. The Labute approximate surface area is 153 Å². The molecule has 0 spiro atoms. The van der Waals surface area contributed by atoms with E-state index >= 15 is 0 Å². The Kier molecular flexibility index (Phi) is 4.51. The highest BCUT2D eigenvalue weighted by molar-refractivity contribution is 5.57. The smallest absolute Gasteiger partial charge is 0.352 e. The van der Waals surface area contributed by atoms with Gasteiger partial charge in [0, 0.05) is 55.5 Å². The number of anilines is 1. The summed E-state index contributed by atoms with van der Waals surface area (Å²) in [5, 5.41) is 0. The van der Waals surface area contributed by atoms with Crippen LogP contribution < -0.4 is 4.90 Å². The van der Waals surface area contributed by atoms with Crippen LogP contribution in [0.25, 0.3) is 11.4 Å².